The van der Waals surface area contributed by atoms with Crippen LogP contribution >= 0.6 is 0 Å². The standard InChI is InChI=1S/C61H118O6/c1-6-7-8-9-10-11-12-13-14-15-19-22-25-31-36-41-46-51-59(62)65-54-58(55-66-60(63)52-47-42-37-32-28-27-30-35-40-45-50-57(4)5)67-61(64)53-48-43-38-33-26-23-20-17-16-18-21-24-29-34-39-44-49-56(2)3/h56-58H,6-55H2,1-5H3/t58-/m0/s1. The fourth-order valence-electron chi connectivity index (χ4n) is 9.40. The van der Waals surface area contributed by atoms with Gasteiger partial charge in [-0.15, -0.1) is 0 Å². The molecule has 0 unspecified atom stereocenters. The summed E-state index contributed by atoms with van der Waals surface area (Å²) in [5, 5.41) is 0. The van der Waals surface area contributed by atoms with E-state index in [1.54, 1.807) is 0 Å². The molecule has 6 nitrogen and oxygen atoms in total. The maximum atomic E-state index is 12.9. The Bertz CT molecular complexity index is 1020. The van der Waals surface area contributed by atoms with Crippen molar-refractivity contribution in [2.24, 2.45) is 11.8 Å². The lowest BCUT2D eigenvalue weighted by molar-refractivity contribution is -0.167. The zero-order chi connectivity index (χ0) is 48.9. The highest BCUT2D eigenvalue weighted by atomic mass is 16.6. The van der Waals surface area contributed by atoms with Gasteiger partial charge in [-0.2, -0.15) is 0 Å². The van der Waals surface area contributed by atoms with E-state index in [9.17, 15) is 14.4 Å². The third-order valence-electron chi connectivity index (χ3n) is 14.0. The highest BCUT2D eigenvalue weighted by Crippen LogP contribution is 2.18. The van der Waals surface area contributed by atoms with E-state index in [2.05, 4.69) is 34.6 Å². The first-order valence-corrected chi connectivity index (χ1v) is 30.2. The molecule has 0 aliphatic heterocycles. The van der Waals surface area contributed by atoms with Crippen molar-refractivity contribution in [2.45, 2.75) is 349 Å². The summed E-state index contributed by atoms with van der Waals surface area (Å²) < 4.78 is 16.9. The van der Waals surface area contributed by atoms with E-state index in [0.29, 0.717) is 19.3 Å². The summed E-state index contributed by atoms with van der Waals surface area (Å²) in [5.41, 5.74) is 0. The number of ether oxygens (including phenoxy) is 3. The maximum absolute atomic E-state index is 12.9. The van der Waals surface area contributed by atoms with Gasteiger partial charge >= 0.3 is 17.9 Å². The first-order chi connectivity index (χ1) is 32.7. The van der Waals surface area contributed by atoms with Gasteiger partial charge in [0, 0.05) is 19.3 Å². The Morgan fingerprint density at radius 1 is 0.284 bits per heavy atom. The Hall–Kier alpha value is -1.59. The molecular weight excluding hydrogens is 829 g/mol. The maximum Gasteiger partial charge on any atom is 0.306 e. The molecule has 398 valence electrons. The average Bonchev–Trinajstić information content (AvgIpc) is 3.30. The third kappa shape index (κ3) is 55.2. The zero-order valence-electron chi connectivity index (χ0n) is 46.0. The van der Waals surface area contributed by atoms with Gasteiger partial charge in [0.15, 0.2) is 6.10 Å². The number of rotatable bonds is 55. The molecule has 0 rings (SSSR count). The molecule has 67 heavy (non-hydrogen) atoms. The molecule has 6 heteroatoms. The Labute approximate surface area is 418 Å². The van der Waals surface area contributed by atoms with Gasteiger partial charge in [-0.3, -0.25) is 14.4 Å². The van der Waals surface area contributed by atoms with Crippen LogP contribution in [0.5, 0.6) is 0 Å². The average molecular weight is 948 g/mol. The smallest absolute Gasteiger partial charge is 0.306 e. The summed E-state index contributed by atoms with van der Waals surface area (Å²) >= 11 is 0. The van der Waals surface area contributed by atoms with E-state index in [-0.39, 0.29) is 31.1 Å². The molecular formula is C61H118O6. The highest BCUT2D eigenvalue weighted by Gasteiger charge is 2.19. The lowest BCUT2D eigenvalue weighted by Gasteiger charge is -2.18. The molecule has 0 bridgehead atoms. The fourth-order valence-corrected chi connectivity index (χ4v) is 9.40. The van der Waals surface area contributed by atoms with Gasteiger partial charge < -0.3 is 14.2 Å². The van der Waals surface area contributed by atoms with Crippen LogP contribution < -0.4 is 0 Å². The predicted octanol–water partition coefficient (Wildman–Crippen LogP) is 20.0. The number of hydrogen-bond acceptors (Lipinski definition) is 6. The summed E-state index contributed by atoms with van der Waals surface area (Å²) in [6.07, 6.45) is 58.1. The van der Waals surface area contributed by atoms with E-state index in [1.807, 2.05) is 0 Å². The molecule has 0 radical (unpaired) electrons. The van der Waals surface area contributed by atoms with Crippen LogP contribution in [0.25, 0.3) is 0 Å². The SMILES string of the molecule is CCCCCCCCCCCCCCCCCCCC(=O)OC[C@@H](COC(=O)CCCCCCCCCCCCC(C)C)OC(=O)CCCCCCCCCCCCCCCCCCC(C)C. The molecule has 0 aliphatic rings. The Morgan fingerprint density at radius 2 is 0.493 bits per heavy atom. The van der Waals surface area contributed by atoms with Crippen molar-refractivity contribution >= 4 is 17.9 Å². The topological polar surface area (TPSA) is 78.9 Å². The van der Waals surface area contributed by atoms with Gasteiger partial charge in [-0.05, 0) is 31.1 Å². The molecule has 0 aromatic carbocycles. The van der Waals surface area contributed by atoms with Gasteiger partial charge in [0.1, 0.15) is 13.2 Å². The molecule has 0 fully saturated rings. The van der Waals surface area contributed by atoms with Crippen LogP contribution in [0.1, 0.15) is 343 Å². The van der Waals surface area contributed by atoms with Gasteiger partial charge in [0.05, 0.1) is 0 Å². The molecule has 0 saturated carbocycles. The van der Waals surface area contributed by atoms with Crippen molar-refractivity contribution in [3.05, 3.63) is 0 Å². The van der Waals surface area contributed by atoms with E-state index < -0.39 is 6.10 Å². The van der Waals surface area contributed by atoms with Crippen LogP contribution in [-0.4, -0.2) is 37.2 Å². The monoisotopic (exact) mass is 947 g/mol. The quantitative estimate of drug-likeness (QED) is 0.0343. The number of hydrogen-bond donors (Lipinski definition) is 0. The number of carbonyl (C=O) groups is 3. The lowest BCUT2D eigenvalue weighted by Crippen LogP contribution is -2.30. The first-order valence-electron chi connectivity index (χ1n) is 30.2. The molecule has 0 aromatic heterocycles. The Balaban J connectivity index is 4.28. The predicted molar refractivity (Wildman–Crippen MR) is 289 cm³/mol. The molecule has 0 heterocycles. The van der Waals surface area contributed by atoms with Gasteiger partial charge in [-0.25, -0.2) is 0 Å². The normalized spacial score (nSPS) is 12.0. The summed E-state index contributed by atoms with van der Waals surface area (Å²) in [5.74, 6) is 0.834. The molecule has 0 spiro atoms. The van der Waals surface area contributed by atoms with Crippen LogP contribution in [0.2, 0.25) is 0 Å². The molecule has 0 amide bonds. The van der Waals surface area contributed by atoms with Crippen LogP contribution in [0.15, 0.2) is 0 Å². The molecule has 0 N–H and O–H groups in total. The Morgan fingerprint density at radius 3 is 0.731 bits per heavy atom. The van der Waals surface area contributed by atoms with Crippen LogP contribution in [-0.2, 0) is 28.6 Å². The number of carbonyl (C=O) groups excluding carboxylic acids is 3. The van der Waals surface area contributed by atoms with E-state index in [4.69, 9.17) is 14.2 Å². The number of unbranched alkanes of at least 4 members (excludes halogenated alkanes) is 40. The Kier molecular flexibility index (Phi) is 52.5. The van der Waals surface area contributed by atoms with Crippen molar-refractivity contribution in [2.75, 3.05) is 13.2 Å². The molecule has 0 aliphatic carbocycles. The van der Waals surface area contributed by atoms with Crippen molar-refractivity contribution in [3.8, 4) is 0 Å². The molecule has 1 atom stereocenters. The lowest BCUT2D eigenvalue weighted by atomic mass is 10.0. The zero-order valence-corrected chi connectivity index (χ0v) is 46.0. The van der Waals surface area contributed by atoms with Crippen molar-refractivity contribution < 1.29 is 28.6 Å². The van der Waals surface area contributed by atoms with Crippen molar-refractivity contribution in [1.29, 1.82) is 0 Å². The second-order valence-corrected chi connectivity index (χ2v) is 21.9. The minimum absolute atomic E-state index is 0.0624. The summed E-state index contributed by atoms with van der Waals surface area (Å²) in [6, 6.07) is 0. The number of esters is 3. The first kappa shape index (κ1) is 65.4. The molecule has 0 saturated heterocycles. The van der Waals surface area contributed by atoms with E-state index in [0.717, 1.165) is 69.6 Å². The third-order valence-corrected chi connectivity index (χ3v) is 14.0. The van der Waals surface area contributed by atoms with Gasteiger partial charge in [-0.1, -0.05) is 304 Å². The van der Waals surface area contributed by atoms with Crippen molar-refractivity contribution in [3.63, 3.8) is 0 Å². The fraction of sp³-hybridized carbons (Fsp3) is 0.951. The van der Waals surface area contributed by atoms with Crippen LogP contribution in [0, 0.1) is 11.8 Å². The minimum Gasteiger partial charge on any atom is -0.462 e. The summed E-state index contributed by atoms with van der Waals surface area (Å²) in [4.78, 5) is 38.2. The van der Waals surface area contributed by atoms with Gasteiger partial charge in [0.25, 0.3) is 0 Å². The summed E-state index contributed by atoms with van der Waals surface area (Å²) in [7, 11) is 0. The van der Waals surface area contributed by atoms with E-state index in [1.165, 1.54) is 231 Å². The largest absolute Gasteiger partial charge is 0.462 e. The highest BCUT2D eigenvalue weighted by molar-refractivity contribution is 5.71. The second kappa shape index (κ2) is 53.8. The van der Waals surface area contributed by atoms with Crippen LogP contribution in [0.4, 0.5) is 0 Å². The van der Waals surface area contributed by atoms with Crippen molar-refractivity contribution in [1.82, 2.24) is 0 Å². The van der Waals surface area contributed by atoms with Crippen LogP contribution in [0.3, 0.4) is 0 Å². The van der Waals surface area contributed by atoms with Gasteiger partial charge in [0.2, 0.25) is 0 Å². The summed E-state index contributed by atoms with van der Waals surface area (Å²) in [6.45, 7) is 11.4. The second-order valence-electron chi connectivity index (χ2n) is 21.9. The molecule has 0 aromatic rings. The minimum atomic E-state index is -0.763. The van der Waals surface area contributed by atoms with E-state index >= 15 is 0 Å².